The molecule has 286 valence electrons. The van der Waals surface area contributed by atoms with Gasteiger partial charge in [0.25, 0.3) is 0 Å². The van der Waals surface area contributed by atoms with Gasteiger partial charge in [-0.3, -0.25) is 28.8 Å². The van der Waals surface area contributed by atoms with Gasteiger partial charge in [0, 0.05) is 26.1 Å². The number of phenols is 1. The summed E-state index contributed by atoms with van der Waals surface area (Å²) in [6.07, 6.45) is 8.59. The molecule has 4 rings (SSSR count). The first-order chi connectivity index (χ1) is 24.9. The number of likely N-dealkylation sites (tertiary alicyclic amines) is 2. The molecule has 1 aliphatic carbocycles. The number of aromatic hydroxyl groups is 1. The van der Waals surface area contributed by atoms with Crippen molar-refractivity contribution in [2.45, 2.75) is 134 Å². The summed E-state index contributed by atoms with van der Waals surface area (Å²) in [5.41, 5.74) is 0.462. The highest BCUT2D eigenvalue weighted by Gasteiger charge is 2.41. The second-order valence-electron chi connectivity index (χ2n) is 14.4. The number of rotatable bonds is 15. The highest BCUT2D eigenvalue weighted by Crippen LogP contribution is 2.29. The van der Waals surface area contributed by atoms with Crippen LogP contribution >= 0.6 is 0 Å². The van der Waals surface area contributed by atoms with E-state index in [1.54, 1.807) is 12.1 Å². The second kappa shape index (κ2) is 19.6. The molecule has 52 heavy (non-hydrogen) atoms. The number of aliphatic hydroxyl groups is 1. The molecule has 6 N–H and O–H groups in total. The lowest BCUT2D eigenvalue weighted by atomic mass is 9.86. The minimum atomic E-state index is -1.52. The third-order valence-corrected chi connectivity index (χ3v) is 10.4. The minimum Gasteiger partial charge on any atom is -0.508 e. The first kappa shape index (κ1) is 40.6. The predicted octanol–water partition coefficient (Wildman–Crippen LogP) is 1.87. The topological polar surface area (TPSA) is 197 Å². The van der Waals surface area contributed by atoms with Gasteiger partial charge in [-0.1, -0.05) is 51.2 Å². The number of benzene rings is 1. The fraction of sp³-hybridized carbons (Fsp3) is 0.658. The van der Waals surface area contributed by atoms with Gasteiger partial charge in [0.1, 0.15) is 36.0 Å². The van der Waals surface area contributed by atoms with Crippen LogP contribution in [0.25, 0.3) is 0 Å². The van der Waals surface area contributed by atoms with E-state index >= 15 is 0 Å². The Kier molecular flexibility index (Phi) is 15.3. The van der Waals surface area contributed by atoms with Gasteiger partial charge in [-0.25, -0.2) is 0 Å². The average Bonchev–Trinajstić information content (AvgIpc) is 3.64. The highest BCUT2D eigenvalue weighted by molar-refractivity contribution is 5.97. The number of piperidine rings is 1. The number of aliphatic hydroxyl groups excluding tert-OH is 1. The Labute approximate surface area is 306 Å². The minimum absolute atomic E-state index is 0.00502. The molecule has 0 aromatic heterocycles. The quantitative estimate of drug-likeness (QED) is 0.158. The van der Waals surface area contributed by atoms with Crippen molar-refractivity contribution in [1.82, 2.24) is 31.1 Å². The predicted molar refractivity (Wildman–Crippen MR) is 192 cm³/mol. The van der Waals surface area contributed by atoms with E-state index in [1.807, 2.05) is 6.92 Å². The number of phenolic OH excluding ortho intramolecular Hbond substituents is 1. The first-order valence-electron chi connectivity index (χ1n) is 18.9. The molecule has 0 bridgehead atoms. The van der Waals surface area contributed by atoms with E-state index in [-0.39, 0.29) is 31.2 Å². The van der Waals surface area contributed by atoms with Crippen molar-refractivity contribution < 1.29 is 39.0 Å². The molecule has 2 heterocycles. The molecule has 2 radical (unpaired) electrons. The van der Waals surface area contributed by atoms with Crippen molar-refractivity contribution in [3.05, 3.63) is 36.8 Å². The molecule has 1 unspecified atom stereocenters. The van der Waals surface area contributed by atoms with Gasteiger partial charge in [0.2, 0.25) is 35.4 Å². The third-order valence-electron chi connectivity index (χ3n) is 10.4. The summed E-state index contributed by atoms with van der Waals surface area (Å²) in [4.78, 5) is 83.1. The zero-order chi connectivity index (χ0) is 37.8. The fourth-order valence-electron chi connectivity index (χ4n) is 7.44. The number of nitrogens with zero attached hydrogens (tertiary/aromatic N) is 2. The monoisotopic (exact) mass is 724 g/mol. The summed E-state index contributed by atoms with van der Waals surface area (Å²) in [6, 6.07) is 0.244. The Morgan fingerprint density at radius 1 is 0.808 bits per heavy atom. The van der Waals surface area contributed by atoms with Gasteiger partial charge in [-0.2, -0.15) is 0 Å². The summed E-state index contributed by atoms with van der Waals surface area (Å²) in [5.74, 6) is -2.76. The Balaban J connectivity index is 1.42. The van der Waals surface area contributed by atoms with Crippen LogP contribution in [-0.2, 0) is 28.8 Å². The molecule has 3 fully saturated rings. The average molecular weight is 725 g/mol. The third kappa shape index (κ3) is 10.9. The van der Waals surface area contributed by atoms with E-state index in [0.29, 0.717) is 56.6 Å². The van der Waals surface area contributed by atoms with Gasteiger partial charge in [0.05, 0.1) is 6.10 Å². The van der Waals surface area contributed by atoms with Crippen molar-refractivity contribution in [3.63, 3.8) is 0 Å². The molecule has 6 atom stereocenters. The molecule has 14 nitrogen and oxygen atoms in total. The van der Waals surface area contributed by atoms with E-state index in [2.05, 4.69) is 21.3 Å². The Morgan fingerprint density at radius 3 is 2.06 bits per heavy atom. The first-order valence-corrected chi connectivity index (χ1v) is 18.9. The summed E-state index contributed by atoms with van der Waals surface area (Å²) in [5, 5.41) is 30.7. The van der Waals surface area contributed by atoms with Gasteiger partial charge >= 0.3 is 0 Å². The van der Waals surface area contributed by atoms with Gasteiger partial charge in [-0.15, -0.1) is 0 Å². The molecule has 6 amide bonds. The van der Waals surface area contributed by atoms with Gasteiger partial charge in [0.15, 0.2) is 0 Å². The summed E-state index contributed by atoms with van der Waals surface area (Å²) < 4.78 is 0. The van der Waals surface area contributed by atoms with Gasteiger partial charge in [-0.05, 0) is 82.4 Å². The normalized spacial score (nSPS) is 21.7. The summed E-state index contributed by atoms with van der Waals surface area (Å²) in [7, 11) is 0. The van der Waals surface area contributed by atoms with Crippen LogP contribution in [-0.4, -0.2) is 105 Å². The van der Waals surface area contributed by atoms with E-state index < -0.39 is 65.8 Å². The molecule has 1 saturated carbocycles. The maximum atomic E-state index is 14.2. The molecule has 0 spiro atoms. The maximum Gasteiger partial charge on any atom is 0.250 e. The Morgan fingerprint density at radius 2 is 1.40 bits per heavy atom. The van der Waals surface area contributed by atoms with Gasteiger partial charge < -0.3 is 41.3 Å². The molecule has 2 saturated heterocycles. The fourth-order valence-corrected chi connectivity index (χ4v) is 7.44. The van der Waals surface area contributed by atoms with Crippen LogP contribution in [0.2, 0.25) is 0 Å². The molecule has 3 aliphatic rings. The molecule has 14 heteroatoms. The summed E-state index contributed by atoms with van der Waals surface area (Å²) >= 11 is 0. The summed E-state index contributed by atoms with van der Waals surface area (Å²) in [6.45, 7) is 10.3. The largest absolute Gasteiger partial charge is 0.508 e. The van der Waals surface area contributed by atoms with Crippen LogP contribution in [0.5, 0.6) is 5.75 Å². The smallest absolute Gasteiger partial charge is 0.250 e. The maximum absolute atomic E-state index is 14.2. The molecular formula is C38H56N6O8. The zero-order valence-corrected chi connectivity index (χ0v) is 30.5. The molecule has 1 aromatic carbocycles. The lowest BCUT2D eigenvalue weighted by Crippen LogP contribution is -2.60. The number of nitrogens with one attached hydrogen (secondary N) is 4. The van der Waals surface area contributed by atoms with Crippen molar-refractivity contribution in [1.29, 1.82) is 0 Å². The number of amides is 6. The van der Waals surface area contributed by atoms with E-state index in [1.165, 1.54) is 35.3 Å². The standard InChI is InChI=1S/C38H56N6O8/c1-4-21-39-36(50)32(25(3)45)42-35(49)30-14-10-23-43(30)37(51)24(2)40-34(48)29-13-8-9-22-44(29)38(52)33(27-16-18-28(46)19-17-27)41-31(47)20-15-26-11-6-5-7-12-26/h2,16-19,24-26,29-30,32-33,45-46H,4-15,20-23H2,1,3H3,(H,39,50)(H,40,48)(H,41,47)(H,42,49)/t24-,25?,29-,30-,32-,33-/m0/s1. The number of carbonyl (C=O) groups is 6. The van der Waals surface area contributed by atoms with Crippen LogP contribution in [0.4, 0.5) is 0 Å². The van der Waals surface area contributed by atoms with E-state index in [9.17, 15) is 39.0 Å². The van der Waals surface area contributed by atoms with E-state index in [0.717, 1.165) is 32.1 Å². The number of hydrogen-bond donors (Lipinski definition) is 6. The van der Waals surface area contributed by atoms with Crippen molar-refractivity contribution in [2.75, 3.05) is 19.6 Å². The molecule has 2 aliphatic heterocycles. The van der Waals surface area contributed by atoms with Crippen molar-refractivity contribution in [2.24, 2.45) is 5.92 Å². The highest BCUT2D eigenvalue weighted by atomic mass is 16.3. The van der Waals surface area contributed by atoms with Crippen molar-refractivity contribution >= 4 is 35.4 Å². The second-order valence-corrected chi connectivity index (χ2v) is 14.4. The van der Waals surface area contributed by atoms with E-state index in [4.69, 9.17) is 6.92 Å². The zero-order valence-electron chi connectivity index (χ0n) is 30.5. The molecular weight excluding hydrogens is 668 g/mol. The lowest BCUT2D eigenvalue weighted by Gasteiger charge is -2.38. The lowest BCUT2D eigenvalue weighted by molar-refractivity contribution is -0.146. The van der Waals surface area contributed by atoms with Crippen LogP contribution in [0.15, 0.2) is 24.3 Å². The number of carbonyl (C=O) groups excluding carboxylic acids is 6. The SMILES string of the molecule is [CH][C@H](NC(=O)[C@@H]1CCCCN1C(=O)[C@@H](NC(=O)CCC1CCCCC1)c1ccc(O)cc1)C(=O)N1CCC[C@H]1C(=O)N[C@H](C(=O)NCCC)C(C)O. The molecule has 1 aromatic rings. The Bertz CT molecular complexity index is 1400. The van der Waals surface area contributed by atoms with Crippen molar-refractivity contribution in [3.8, 4) is 5.75 Å². The van der Waals surface area contributed by atoms with Crippen LogP contribution in [0.1, 0.15) is 109 Å². The Hall–Kier alpha value is -4.20. The van der Waals surface area contributed by atoms with Crippen LogP contribution < -0.4 is 21.3 Å². The van der Waals surface area contributed by atoms with Crippen LogP contribution in [0.3, 0.4) is 0 Å². The number of hydrogen-bond acceptors (Lipinski definition) is 8. The van der Waals surface area contributed by atoms with Crippen LogP contribution in [0, 0.1) is 12.8 Å².